The molecule has 0 atom stereocenters. The maximum Gasteiger partial charge on any atom is 0.430 e. The molecule has 3 nitrogen and oxygen atoms in total. The molecule has 2 aromatic rings. The average molecular weight is 384 g/mol. The van der Waals surface area contributed by atoms with Crippen molar-refractivity contribution in [3.05, 3.63) is 47.0 Å². The van der Waals surface area contributed by atoms with Crippen LogP contribution in [0.5, 0.6) is 0 Å². The molecule has 1 radical (unpaired) electrons. The molecule has 0 unspecified atom stereocenters. The second-order valence-electron chi connectivity index (χ2n) is 5.28. The topological polar surface area (TPSA) is 53.4 Å². The second-order valence-corrected chi connectivity index (χ2v) is 6.36. The molecule has 1 aromatic carbocycles. The zero-order valence-corrected chi connectivity index (χ0v) is 13.5. The lowest BCUT2D eigenvalue weighted by Gasteiger charge is -2.33. The lowest BCUT2D eigenvalue weighted by molar-refractivity contribution is -0.376. The SMILES string of the molecule is [CH2]c1nc(CO)c(-c2ccc(C(O)(C(F)(F)F)C(F)(F)F)cc2C)s1. The van der Waals surface area contributed by atoms with Crippen LogP contribution < -0.4 is 0 Å². The predicted octanol–water partition coefficient (Wildman–Crippen LogP) is 4.11. The second kappa shape index (κ2) is 6.26. The summed E-state index contributed by atoms with van der Waals surface area (Å²) in [6, 6.07) is 2.21. The fourth-order valence-corrected chi connectivity index (χ4v) is 3.31. The smallest absolute Gasteiger partial charge is 0.390 e. The van der Waals surface area contributed by atoms with Crippen LogP contribution in [0, 0.1) is 13.8 Å². The number of aliphatic hydroxyl groups is 2. The van der Waals surface area contributed by atoms with E-state index in [2.05, 4.69) is 11.9 Å². The van der Waals surface area contributed by atoms with Gasteiger partial charge >= 0.3 is 12.4 Å². The van der Waals surface area contributed by atoms with Gasteiger partial charge in [-0.15, -0.1) is 11.3 Å². The van der Waals surface area contributed by atoms with Crippen molar-refractivity contribution in [1.29, 1.82) is 0 Å². The maximum absolute atomic E-state index is 12.9. The third-order valence-corrected chi connectivity index (χ3v) is 4.59. The molecular formula is C15H12F6NO2S. The van der Waals surface area contributed by atoms with Gasteiger partial charge < -0.3 is 10.2 Å². The Hall–Kier alpha value is -1.65. The average Bonchev–Trinajstić information content (AvgIpc) is 2.84. The molecular weight excluding hydrogens is 372 g/mol. The van der Waals surface area contributed by atoms with Crippen LogP contribution in [0.1, 0.15) is 21.8 Å². The van der Waals surface area contributed by atoms with Crippen molar-refractivity contribution in [3.63, 3.8) is 0 Å². The highest BCUT2D eigenvalue weighted by atomic mass is 32.1. The van der Waals surface area contributed by atoms with Crippen LogP contribution in [0.15, 0.2) is 18.2 Å². The highest BCUT2D eigenvalue weighted by Gasteiger charge is 2.71. The fraction of sp³-hybridized carbons (Fsp3) is 0.333. The molecule has 25 heavy (non-hydrogen) atoms. The van der Waals surface area contributed by atoms with Gasteiger partial charge in [-0.3, -0.25) is 0 Å². The summed E-state index contributed by atoms with van der Waals surface area (Å²) in [6.07, 6.45) is -11.9. The Balaban J connectivity index is 2.62. The number of hydrogen-bond donors (Lipinski definition) is 2. The Morgan fingerprint density at radius 1 is 1.12 bits per heavy atom. The number of hydrogen-bond acceptors (Lipinski definition) is 4. The minimum Gasteiger partial charge on any atom is -0.390 e. The molecule has 2 rings (SSSR count). The Kier molecular flexibility index (Phi) is 4.92. The molecule has 0 saturated carbocycles. The molecule has 0 aliphatic heterocycles. The zero-order valence-electron chi connectivity index (χ0n) is 12.7. The molecule has 0 aliphatic rings. The van der Waals surface area contributed by atoms with Gasteiger partial charge in [-0.05, 0) is 18.1 Å². The lowest BCUT2D eigenvalue weighted by Crippen LogP contribution is -2.53. The van der Waals surface area contributed by atoms with Gasteiger partial charge in [0.25, 0.3) is 5.60 Å². The molecule has 0 spiro atoms. The van der Waals surface area contributed by atoms with Crippen molar-refractivity contribution in [2.45, 2.75) is 31.5 Å². The Labute approximate surface area is 142 Å². The molecule has 0 fully saturated rings. The molecule has 0 aliphatic carbocycles. The maximum atomic E-state index is 12.9. The van der Waals surface area contributed by atoms with E-state index in [-0.39, 0.29) is 11.3 Å². The van der Waals surface area contributed by atoms with E-state index in [1.54, 1.807) is 0 Å². The summed E-state index contributed by atoms with van der Waals surface area (Å²) in [5.74, 6) is 0. The number of aliphatic hydroxyl groups excluding tert-OH is 1. The molecule has 0 saturated heterocycles. The fourth-order valence-electron chi connectivity index (χ4n) is 2.35. The normalized spacial score (nSPS) is 13.4. The van der Waals surface area contributed by atoms with Gasteiger partial charge in [0.15, 0.2) is 0 Å². The van der Waals surface area contributed by atoms with Gasteiger partial charge in [0.2, 0.25) is 0 Å². The summed E-state index contributed by atoms with van der Waals surface area (Å²) in [5, 5.41) is 19.0. The van der Waals surface area contributed by atoms with Gasteiger partial charge in [0.05, 0.1) is 22.2 Å². The highest BCUT2D eigenvalue weighted by molar-refractivity contribution is 7.15. The van der Waals surface area contributed by atoms with E-state index in [1.165, 1.54) is 6.92 Å². The van der Waals surface area contributed by atoms with Crippen LogP contribution in [0.2, 0.25) is 0 Å². The number of rotatable bonds is 3. The van der Waals surface area contributed by atoms with Gasteiger partial charge in [-0.25, -0.2) is 4.98 Å². The Morgan fingerprint density at radius 2 is 1.68 bits per heavy atom. The molecule has 137 valence electrons. The summed E-state index contributed by atoms with van der Waals surface area (Å²) in [6.45, 7) is 4.43. The third kappa shape index (κ3) is 3.25. The number of thiazole rings is 1. The molecule has 0 amide bonds. The summed E-state index contributed by atoms with van der Waals surface area (Å²) < 4.78 is 77.7. The van der Waals surface area contributed by atoms with Crippen LogP contribution in [0.25, 0.3) is 10.4 Å². The Morgan fingerprint density at radius 3 is 2.12 bits per heavy atom. The van der Waals surface area contributed by atoms with Crippen LogP contribution in [-0.4, -0.2) is 27.5 Å². The van der Waals surface area contributed by atoms with Gasteiger partial charge in [0, 0.05) is 12.5 Å². The van der Waals surface area contributed by atoms with Crippen LogP contribution in [0.4, 0.5) is 26.3 Å². The molecule has 1 aromatic heterocycles. The number of benzene rings is 1. The molecule has 10 heteroatoms. The van der Waals surface area contributed by atoms with Gasteiger partial charge in [0.1, 0.15) is 0 Å². The first-order valence-electron chi connectivity index (χ1n) is 6.72. The minimum atomic E-state index is -5.94. The van der Waals surface area contributed by atoms with E-state index < -0.39 is 30.1 Å². The minimum absolute atomic E-state index is 0.0581. The van der Waals surface area contributed by atoms with Crippen molar-refractivity contribution in [2.24, 2.45) is 0 Å². The van der Waals surface area contributed by atoms with Crippen LogP contribution in [0.3, 0.4) is 0 Å². The highest BCUT2D eigenvalue weighted by Crippen LogP contribution is 2.50. The first kappa shape index (κ1) is 19.7. The van der Waals surface area contributed by atoms with Crippen LogP contribution >= 0.6 is 11.3 Å². The van der Waals surface area contributed by atoms with E-state index in [0.717, 1.165) is 17.4 Å². The number of aryl methyl sites for hydroxylation is 1. The van der Waals surface area contributed by atoms with Crippen LogP contribution in [-0.2, 0) is 12.2 Å². The van der Waals surface area contributed by atoms with Crippen molar-refractivity contribution in [3.8, 4) is 10.4 Å². The van der Waals surface area contributed by atoms with E-state index >= 15 is 0 Å². The van der Waals surface area contributed by atoms with Crippen molar-refractivity contribution in [2.75, 3.05) is 0 Å². The van der Waals surface area contributed by atoms with Crippen molar-refractivity contribution < 1.29 is 36.6 Å². The molecule has 2 N–H and O–H groups in total. The standard InChI is InChI=1S/C15H12F6NO2S/c1-7-5-9(13(24,14(16,17)18)15(19,20)21)3-4-10(7)12-11(6-23)22-8(2)25-12/h3-5,23-24H,2,6H2,1H3. The van der Waals surface area contributed by atoms with E-state index in [1.807, 2.05) is 0 Å². The van der Waals surface area contributed by atoms with E-state index in [0.29, 0.717) is 27.6 Å². The summed E-state index contributed by atoms with van der Waals surface area (Å²) >= 11 is 1.04. The summed E-state index contributed by atoms with van der Waals surface area (Å²) in [4.78, 5) is 4.33. The van der Waals surface area contributed by atoms with Gasteiger partial charge in [-0.1, -0.05) is 18.2 Å². The van der Waals surface area contributed by atoms with Crippen molar-refractivity contribution >= 4 is 11.3 Å². The van der Waals surface area contributed by atoms with Crippen molar-refractivity contribution in [1.82, 2.24) is 4.98 Å². The lowest BCUT2D eigenvalue weighted by atomic mass is 9.89. The number of aromatic nitrogens is 1. The number of alkyl halides is 6. The van der Waals surface area contributed by atoms with E-state index in [9.17, 15) is 36.6 Å². The first-order chi connectivity index (χ1) is 11.3. The monoisotopic (exact) mass is 384 g/mol. The van der Waals surface area contributed by atoms with E-state index in [4.69, 9.17) is 0 Å². The third-order valence-electron chi connectivity index (χ3n) is 3.60. The molecule has 1 heterocycles. The molecule has 0 bridgehead atoms. The predicted molar refractivity (Wildman–Crippen MR) is 78.7 cm³/mol. The van der Waals surface area contributed by atoms with Gasteiger partial charge in [-0.2, -0.15) is 26.3 Å². The Bertz CT molecular complexity index is 767. The largest absolute Gasteiger partial charge is 0.430 e. The summed E-state index contributed by atoms with van der Waals surface area (Å²) in [7, 11) is 0. The number of nitrogens with zero attached hydrogens (tertiary/aromatic N) is 1. The zero-order chi connectivity index (χ0) is 19.2. The quantitative estimate of drug-likeness (QED) is 0.784. The number of halogens is 6. The summed E-state index contributed by atoms with van der Waals surface area (Å²) in [5.41, 5.74) is -5.74. The first-order valence-corrected chi connectivity index (χ1v) is 7.54.